The van der Waals surface area contributed by atoms with Crippen LogP contribution >= 0.6 is 0 Å². The number of alkyl halides is 3. The van der Waals surface area contributed by atoms with Gasteiger partial charge < -0.3 is 20.9 Å². The van der Waals surface area contributed by atoms with Crippen molar-refractivity contribution in [3.05, 3.63) is 0 Å². The van der Waals surface area contributed by atoms with Crippen LogP contribution in [0.4, 0.5) is 13.2 Å². The van der Waals surface area contributed by atoms with Gasteiger partial charge in [-0.1, -0.05) is 0 Å². The Bertz CT molecular complexity index is 308. The van der Waals surface area contributed by atoms with E-state index >= 15 is 0 Å². The fourth-order valence-electron chi connectivity index (χ4n) is 0.840. The first-order valence-corrected chi connectivity index (χ1v) is 4.43. The zero-order chi connectivity index (χ0) is 13.9. The van der Waals surface area contributed by atoms with E-state index in [0.717, 1.165) is 0 Å². The van der Waals surface area contributed by atoms with Crippen molar-refractivity contribution in [2.45, 2.75) is 24.7 Å². The molecular weight excluding hydrogens is 245 g/mol. The quantitative estimate of drug-likeness (QED) is 0.616. The Morgan fingerprint density at radius 2 is 1.94 bits per heavy atom. The van der Waals surface area contributed by atoms with Crippen LogP contribution in [0.2, 0.25) is 0 Å². The van der Waals surface area contributed by atoms with E-state index in [1.807, 2.05) is 0 Å². The molecule has 17 heavy (non-hydrogen) atoms. The molecule has 6 nitrogen and oxygen atoms in total. The van der Waals surface area contributed by atoms with Crippen molar-refractivity contribution in [3.63, 3.8) is 0 Å². The number of carbonyl (C=O) groups excluding carboxylic acids is 1. The number of methoxy groups -OCH3 is 1. The number of halogens is 3. The van der Waals surface area contributed by atoms with Crippen LogP contribution < -0.4 is 11.1 Å². The molecule has 0 fully saturated rings. The molecule has 0 radical (unpaired) electrons. The highest BCUT2D eigenvalue weighted by Gasteiger charge is 2.58. The van der Waals surface area contributed by atoms with E-state index < -0.39 is 29.6 Å². The van der Waals surface area contributed by atoms with Gasteiger partial charge in [0, 0.05) is 7.11 Å². The molecule has 9 heteroatoms. The van der Waals surface area contributed by atoms with E-state index in [1.54, 1.807) is 0 Å². The maximum Gasteiger partial charge on any atom is 0.422 e. The van der Waals surface area contributed by atoms with Crippen molar-refractivity contribution in [3.8, 4) is 0 Å². The minimum absolute atomic E-state index is 0.320. The fraction of sp³-hybridized carbons (Fsp3) is 0.750. The minimum Gasteiger partial charge on any atom is -0.479 e. The molecule has 0 aromatic carbocycles. The van der Waals surface area contributed by atoms with E-state index in [-0.39, 0.29) is 6.61 Å². The van der Waals surface area contributed by atoms with Crippen LogP contribution in [0, 0.1) is 0 Å². The fourth-order valence-corrected chi connectivity index (χ4v) is 0.840. The molecule has 1 amide bonds. The average molecular weight is 258 g/mol. The van der Waals surface area contributed by atoms with Gasteiger partial charge in [0.15, 0.2) is 0 Å². The number of amides is 1. The van der Waals surface area contributed by atoms with Gasteiger partial charge in [-0.2, -0.15) is 13.2 Å². The second-order valence-electron chi connectivity index (χ2n) is 3.48. The normalized spacial score (nSPS) is 17.1. The van der Waals surface area contributed by atoms with Gasteiger partial charge in [0.05, 0.1) is 6.61 Å². The van der Waals surface area contributed by atoms with Gasteiger partial charge >= 0.3 is 12.1 Å². The van der Waals surface area contributed by atoms with Crippen LogP contribution in [-0.2, 0) is 14.3 Å². The summed E-state index contributed by atoms with van der Waals surface area (Å²) >= 11 is 0. The Hall–Kier alpha value is -1.35. The molecule has 0 saturated carbocycles. The maximum absolute atomic E-state index is 12.5. The second kappa shape index (κ2) is 5.32. The predicted octanol–water partition coefficient (Wildman–Crippen LogP) is -0.518. The lowest BCUT2D eigenvalue weighted by Crippen LogP contribution is -2.64. The summed E-state index contributed by atoms with van der Waals surface area (Å²) < 4.78 is 42.0. The van der Waals surface area contributed by atoms with Crippen molar-refractivity contribution in [2.24, 2.45) is 5.73 Å². The number of hydrogen-bond acceptors (Lipinski definition) is 4. The SMILES string of the molecule is COCC(N)C(=O)NC(C)(C(=O)O)C(F)(F)F. The number of nitrogens with one attached hydrogen (secondary N) is 1. The number of hydrogen-bond donors (Lipinski definition) is 3. The monoisotopic (exact) mass is 258 g/mol. The third-order valence-corrected chi connectivity index (χ3v) is 2.05. The molecule has 0 aromatic rings. The highest BCUT2D eigenvalue weighted by molar-refractivity contribution is 5.89. The van der Waals surface area contributed by atoms with Crippen molar-refractivity contribution in [1.82, 2.24) is 5.32 Å². The molecule has 0 spiro atoms. The average Bonchev–Trinajstić information content (AvgIpc) is 2.15. The summed E-state index contributed by atoms with van der Waals surface area (Å²) in [4.78, 5) is 21.8. The standard InChI is InChI=1S/C8H13F3N2O4/c1-7(6(15)16,8(9,10)11)13-5(14)4(12)3-17-2/h4H,3,12H2,1-2H3,(H,13,14)(H,15,16). The van der Waals surface area contributed by atoms with E-state index in [2.05, 4.69) is 4.74 Å². The number of ether oxygens (including phenoxy) is 1. The molecule has 2 atom stereocenters. The summed E-state index contributed by atoms with van der Waals surface area (Å²) in [6, 6.07) is -1.37. The molecule has 0 aliphatic carbocycles. The summed E-state index contributed by atoms with van der Waals surface area (Å²) in [6.45, 7) is 0.0200. The first kappa shape index (κ1) is 15.7. The van der Waals surface area contributed by atoms with Crippen LogP contribution in [-0.4, -0.2) is 48.5 Å². The highest BCUT2D eigenvalue weighted by Crippen LogP contribution is 2.30. The van der Waals surface area contributed by atoms with E-state index in [0.29, 0.717) is 6.92 Å². The molecular formula is C8H13F3N2O4. The second-order valence-corrected chi connectivity index (χ2v) is 3.48. The minimum atomic E-state index is -5.14. The number of carboxylic acids is 1. The van der Waals surface area contributed by atoms with Gasteiger partial charge in [0.25, 0.3) is 0 Å². The number of aliphatic carboxylic acids is 1. The molecule has 4 N–H and O–H groups in total. The maximum atomic E-state index is 12.5. The van der Waals surface area contributed by atoms with Gasteiger partial charge in [0.1, 0.15) is 6.04 Å². The molecule has 0 rings (SSSR count). The first-order valence-electron chi connectivity index (χ1n) is 4.43. The van der Waals surface area contributed by atoms with E-state index in [1.165, 1.54) is 12.4 Å². The zero-order valence-electron chi connectivity index (χ0n) is 9.17. The van der Waals surface area contributed by atoms with Crippen molar-refractivity contribution < 1.29 is 32.6 Å². The largest absolute Gasteiger partial charge is 0.479 e. The van der Waals surface area contributed by atoms with Gasteiger partial charge in [-0.05, 0) is 6.92 Å². The van der Waals surface area contributed by atoms with Gasteiger partial charge in [0.2, 0.25) is 11.4 Å². The predicted molar refractivity (Wildman–Crippen MR) is 50.1 cm³/mol. The summed E-state index contributed by atoms with van der Waals surface area (Å²) in [6.07, 6.45) is -5.14. The van der Waals surface area contributed by atoms with Gasteiger partial charge in [-0.3, -0.25) is 4.79 Å². The third-order valence-electron chi connectivity index (χ3n) is 2.05. The summed E-state index contributed by atoms with van der Waals surface area (Å²) in [5.74, 6) is -3.47. The molecule has 0 aromatic heterocycles. The smallest absolute Gasteiger partial charge is 0.422 e. The van der Waals surface area contributed by atoms with Crippen LogP contribution in [0.15, 0.2) is 0 Å². The summed E-state index contributed by atoms with van der Waals surface area (Å²) in [7, 11) is 1.20. The molecule has 0 aliphatic heterocycles. The molecule has 0 bridgehead atoms. The van der Waals surface area contributed by atoms with Crippen molar-refractivity contribution in [2.75, 3.05) is 13.7 Å². The number of nitrogens with two attached hydrogens (primary N) is 1. The Balaban J connectivity index is 4.92. The van der Waals surface area contributed by atoms with Crippen LogP contribution in [0.3, 0.4) is 0 Å². The lowest BCUT2D eigenvalue weighted by Gasteiger charge is -2.29. The number of carboxylic acid groups (broad SMARTS) is 1. The number of carbonyl (C=O) groups is 2. The van der Waals surface area contributed by atoms with Crippen molar-refractivity contribution in [1.29, 1.82) is 0 Å². The highest BCUT2D eigenvalue weighted by atomic mass is 19.4. The van der Waals surface area contributed by atoms with Crippen LogP contribution in [0.25, 0.3) is 0 Å². The van der Waals surface area contributed by atoms with E-state index in [4.69, 9.17) is 10.8 Å². The van der Waals surface area contributed by atoms with Crippen molar-refractivity contribution >= 4 is 11.9 Å². The Labute approximate surface area is 94.9 Å². The summed E-state index contributed by atoms with van der Waals surface area (Å²) in [5.41, 5.74) is 1.80. The topological polar surface area (TPSA) is 102 Å². The lowest BCUT2D eigenvalue weighted by atomic mass is 10.0. The molecule has 0 heterocycles. The van der Waals surface area contributed by atoms with E-state index in [9.17, 15) is 22.8 Å². The lowest BCUT2D eigenvalue weighted by molar-refractivity contribution is -0.207. The Morgan fingerprint density at radius 1 is 1.47 bits per heavy atom. The Morgan fingerprint density at radius 3 is 2.24 bits per heavy atom. The third kappa shape index (κ3) is 3.56. The molecule has 2 unspecified atom stereocenters. The zero-order valence-corrected chi connectivity index (χ0v) is 9.17. The molecule has 0 aliphatic rings. The van der Waals surface area contributed by atoms with Crippen LogP contribution in [0.5, 0.6) is 0 Å². The Kier molecular flexibility index (Phi) is 4.90. The first-order chi connectivity index (χ1) is 7.56. The summed E-state index contributed by atoms with van der Waals surface area (Å²) in [5, 5.41) is 9.87. The molecule has 100 valence electrons. The molecule has 0 saturated heterocycles. The van der Waals surface area contributed by atoms with Gasteiger partial charge in [-0.25, -0.2) is 4.79 Å². The number of rotatable bonds is 5. The van der Waals surface area contributed by atoms with Gasteiger partial charge in [-0.15, -0.1) is 0 Å². The van der Waals surface area contributed by atoms with Crippen LogP contribution in [0.1, 0.15) is 6.92 Å².